The third-order valence-electron chi connectivity index (χ3n) is 5.25. The predicted octanol–water partition coefficient (Wildman–Crippen LogP) is 2.08. The number of hydrogen-bond donors (Lipinski definition) is 0. The Labute approximate surface area is 154 Å². The van der Waals surface area contributed by atoms with Gasteiger partial charge < -0.3 is 14.5 Å². The molecule has 140 valence electrons. The van der Waals surface area contributed by atoms with E-state index >= 15 is 0 Å². The highest BCUT2D eigenvalue weighted by Gasteiger charge is 2.36. The largest absolute Gasteiger partial charge is 0.465 e. The summed E-state index contributed by atoms with van der Waals surface area (Å²) in [7, 11) is 3.16. The zero-order chi connectivity index (χ0) is 18.7. The van der Waals surface area contributed by atoms with Crippen LogP contribution in [0.2, 0.25) is 0 Å². The van der Waals surface area contributed by atoms with Crippen LogP contribution in [0.5, 0.6) is 0 Å². The summed E-state index contributed by atoms with van der Waals surface area (Å²) in [6, 6.07) is 7.10. The third kappa shape index (κ3) is 4.23. The quantitative estimate of drug-likeness (QED) is 0.756. The van der Waals surface area contributed by atoms with E-state index in [1.807, 2.05) is 17.0 Å². The lowest BCUT2D eigenvalue weighted by Gasteiger charge is -2.33. The van der Waals surface area contributed by atoms with Crippen molar-refractivity contribution in [2.24, 2.45) is 11.8 Å². The van der Waals surface area contributed by atoms with Crippen molar-refractivity contribution in [1.29, 1.82) is 0 Å². The number of carbonyl (C=O) groups is 3. The summed E-state index contributed by atoms with van der Waals surface area (Å²) < 4.78 is 4.69. The number of methoxy groups -OCH3 is 1. The number of hydrogen-bond acceptors (Lipinski definition) is 4. The van der Waals surface area contributed by atoms with Crippen molar-refractivity contribution in [3.63, 3.8) is 0 Å². The maximum atomic E-state index is 12.7. The van der Waals surface area contributed by atoms with Crippen LogP contribution in [0.25, 0.3) is 0 Å². The molecule has 3 rings (SSSR count). The van der Waals surface area contributed by atoms with Gasteiger partial charge in [0.1, 0.15) is 0 Å². The molecule has 2 amide bonds. The summed E-state index contributed by atoms with van der Waals surface area (Å²) in [5.41, 5.74) is 1.47. The second-order valence-electron chi connectivity index (χ2n) is 7.26. The Bertz CT molecular complexity index is 674. The lowest BCUT2D eigenvalue weighted by Crippen LogP contribution is -2.43. The van der Waals surface area contributed by atoms with Crippen molar-refractivity contribution in [3.8, 4) is 0 Å². The molecular formula is C20H26N2O4. The smallest absolute Gasteiger partial charge is 0.337 e. The summed E-state index contributed by atoms with van der Waals surface area (Å²) in [5, 5.41) is 0. The minimum atomic E-state index is -0.367. The van der Waals surface area contributed by atoms with Gasteiger partial charge in [0.15, 0.2) is 0 Å². The van der Waals surface area contributed by atoms with E-state index in [2.05, 4.69) is 4.74 Å². The summed E-state index contributed by atoms with van der Waals surface area (Å²) >= 11 is 0. The fourth-order valence-electron chi connectivity index (χ4n) is 3.46. The molecule has 1 heterocycles. The van der Waals surface area contributed by atoms with Crippen molar-refractivity contribution < 1.29 is 19.1 Å². The van der Waals surface area contributed by atoms with E-state index in [4.69, 9.17) is 0 Å². The number of amides is 2. The average molecular weight is 358 g/mol. The lowest BCUT2D eigenvalue weighted by molar-refractivity contribution is -0.140. The van der Waals surface area contributed by atoms with Crippen LogP contribution in [0.1, 0.15) is 41.6 Å². The number of ether oxygens (including phenoxy) is 1. The molecule has 0 radical (unpaired) electrons. The van der Waals surface area contributed by atoms with E-state index in [-0.39, 0.29) is 29.6 Å². The Morgan fingerprint density at radius 1 is 1.04 bits per heavy atom. The summed E-state index contributed by atoms with van der Waals surface area (Å²) in [6.45, 7) is 1.88. The Hall–Kier alpha value is -2.37. The molecule has 2 fully saturated rings. The SMILES string of the molecule is COC(=O)c1ccc(CN(C)C(=O)C2CCN(C(=O)C3CC3)CC2)cc1. The Morgan fingerprint density at radius 3 is 2.19 bits per heavy atom. The van der Waals surface area contributed by atoms with E-state index < -0.39 is 0 Å². The molecule has 0 unspecified atom stereocenters. The van der Waals surface area contributed by atoms with Crippen molar-refractivity contribution in [3.05, 3.63) is 35.4 Å². The first kappa shape index (κ1) is 18.4. The third-order valence-corrected chi connectivity index (χ3v) is 5.25. The molecule has 0 bridgehead atoms. The van der Waals surface area contributed by atoms with Crippen LogP contribution in [0.15, 0.2) is 24.3 Å². The second-order valence-corrected chi connectivity index (χ2v) is 7.26. The lowest BCUT2D eigenvalue weighted by atomic mass is 9.95. The fraction of sp³-hybridized carbons (Fsp3) is 0.550. The summed E-state index contributed by atoms with van der Waals surface area (Å²) in [4.78, 5) is 39.9. The van der Waals surface area contributed by atoms with Crippen LogP contribution in [-0.2, 0) is 20.9 Å². The van der Waals surface area contributed by atoms with Gasteiger partial charge in [-0.3, -0.25) is 9.59 Å². The molecule has 1 aromatic carbocycles. The molecule has 0 N–H and O–H groups in total. The van der Waals surface area contributed by atoms with Gasteiger partial charge in [0.05, 0.1) is 12.7 Å². The van der Waals surface area contributed by atoms with E-state index in [0.717, 1.165) is 31.2 Å². The van der Waals surface area contributed by atoms with Crippen LogP contribution in [0.3, 0.4) is 0 Å². The Kier molecular flexibility index (Phi) is 5.59. The standard InChI is InChI=1S/C20H26N2O4/c1-21(13-14-3-5-17(6-4-14)20(25)26-2)18(23)16-9-11-22(12-10-16)19(24)15-7-8-15/h3-6,15-16H,7-13H2,1-2H3. The van der Waals surface area contributed by atoms with Gasteiger partial charge in [-0.2, -0.15) is 0 Å². The molecule has 0 aromatic heterocycles. The number of rotatable bonds is 5. The average Bonchev–Trinajstić information content (AvgIpc) is 3.52. The van der Waals surface area contributed by atoms with Gasteiger partial charge in [0.25, 0.3) is 0 Å². The van der Waals surface area contributed by atoms with Crippen LogP contribution in [0, 0.1) is 11.8 Å². The maximum Gasteiger partial charge on any atom is 0.337 e. The highest BCUT2D eigenvalue weighted by Crippen LogP contribution is 2.32. The van der Waals surface area contributed by atoms with Crippen LogP contribution < -0.4 is 0 Å². The van der Waals surface area contributed by atoms with Crippen molar-refractivity contribution in [1.82, 2.24) is 9.80 Å². The summed E-state index contributed by atoms with van der Waals surface area (Å²) in [6.07, 6.45) is 3.52. The zero-order valence-corrected chi connectivity index (χ0v) is 15.4. The first-order chi connectivity index (χ1) is 12.5. The van der Waals surface area contributed by atoms with Crippen molar-refractivity contribution >= 4 is 17.8 Å². The van der Waals surface area contributed by atoms with E-state index in [1.165, 1.54) is 7.11 Å². The van der Waals surface area contributed by atoms with Gasteiger partial charge in [-0.1, -0.05) is 12.1 Å². The molecule has 2 aliphatic rings. The van der Waals surface area contributed by atoms with Crippen molar-refractivity contribution in [2.45, 2.75) is 32.2 Å². The molecule has 1 aliphatic carbocycles. The molecule has 1 aliphatic heterocycles. The number of benzene rings is 1. The number of esters is 1. The monoisotopic (exact) mass is 358 g/mol. The van der Waals surface area contributed by atoms with Gasteiger partial charge >= 0.3 is 5.97 Å². The van der Waals surface area contributed by atoms with Gasteiger partial charge in [0, 0.05) is 38.5 Å². The molecule has 6 nitrogen and oxygen atoms in total. The highest BCUT2D eigenvalue weighted by molar-refractivity contribution is 5.89. The number of carbonyl (C=O) groups excluding carboxylic acids is 3. The van der Waals surface area contributed by atoms with Gasteiger partial charge in [0.2, 0.25) is 11.8 Å². The van der Waals surface area contributed by atoms with Crippen LogP contribution >= 0.6 is 0 Å². The summed E-state index contributed by atoms with van der Waals surface area (Å²) in [5.74, 6) is 0.263. The van der Waals surface area contributed by atoms with Crippen LogP contribution in [-0.4, -0.2) is 54.8 Å². The molecule has 0 atom stereocenters. The van der Waals surface area contributed by atoms with Crippen molar-refractivity contribution in [2.75, 3.05) is 27.2 Å². The Balaban J connectivity index is 1.50. The molecule has 1 aromatic rings. The van der Waals surface area contributed by atoms with E-state index in [0.29, 0.717) is 25.2 Å². The first-order valence-corrected chi connectivity index (χ1v) is 9.20. The van der Waals surface area contributed by atoms with Gasteiger partial charge in [-0.15, -0.1) is 0 Å². The van der Waals surface area contributed by atoms with Gasteiger partial charge in [-0.25, -0.2) is 4.79 Å². The topological polar surface area (TPSA) is 66.9 Å². The second kappa shape index (κ2) is 7.89. The van der Waals surface area contributed by atoms with E-state index in [9.17, 15) is 14.4 Å². The molecule has 1 saturated heterocycles. The Morgan fingerprint density at radius 2 is 1.65 bits per heavy atom. The van der Waals surface area contributed by atoms with E-state index in [1.54, 1.807) is 24.1 Å². The number of piperidine rings is 1. The predicted molar refractivity (Wildman–Crippen MR) is 96.3 cm³/mol. The minimum absolute atomic E-state index is 0.0161. The first-order valence-electron chi connectivity index (χ1n) is 9.20. The maximum absolute atomic E-state index is 12.7. The number of nitrogens with zero attached hydrogens (tertiary/aromatic N) is 2. The van der Waals surface area contributed by atoms with Gasteiger partial charge in [-0.05, 0) is 43.4 Å². The van der Waals surface area contributed by atoms with Crippen LogP contribution in [0.4, 0.5) is 0 Å². The molecule has 1 saturated carbocycles. The number of likely N-dealkylation sites (tertiary alicyclic amines) is 1. The molecule has 26 heavy (non-hydrogen) atoms. The molecular weight excluding hydrogens is 332 g/mol. The highest BCUT2D eigenvalue weighted by atomic mass is 16.5. The minimum Gasteiger partial charge on any atom is -0.465 e. The zero-order valence-electron chi connectivity index (χ0n) is 15.4. The molecule has 0 spiro atoms. The normalized spacial score (nSPS) is 17.7. The fourth-order valence-corrected chi connectivity index (χ4v) is 3.46. The molecule has 6 heteroatoms.